The van der Waals surface area contributed by atoms with Gasteiger partial charge in [-0.1, -0.05) is 23.8 Å². The number of aliphatic hydroxyl groups is 1. The van der Waals surface area contributed by atoms with Crippen LogP contribution in [0.15, 0.2) is 28.9 Å². The molecule has 1 N–H and O–H groups in total. The third-order valence-corrected chi connectivity index (χ3v) is 3.33. The molecule has 0 saturated carbocycles. The molecule has 0 spiro atoms. The third kappa shape index (κ3) is 2.42. The van der Waals surface area contributed by atoms with Gasteiger partial charge in [-0.3, -0.25) is 0 Å². The molecule has 2 rings (SSSR count). The van der Waals surface area contributed by atoms with E-state index in [9.17, 15) is 0 Å². The van der Waals surface area contributed by atoms with Crippen LogP contribution in [0, 0.1) is 6.92 Å². The molecule has 0 radical (unpaired) electrons. The molecule has 0 unspecified atom stereocenters. The lowest BCUT2D eigenvalue weighted by Gasteiger charge is -2.06. The molecule has 3 nitrogen and oxygen atoms in total. The first-order valence-electron chi connectivity index (χ1n) is 5.52. The highest BCUT2D eigenvalue weighted by atomic mass is 79.9. The van der Waals surface area contributed by atoms with Crippen molar-refractivity contribution < 1.29 is 5.11 Å². The average Bonchev–Trinajstić information content (AvgIpc) is 2.55. The van der Waals surface area contributed by atoms with Crippen LogP contribution in [0.25, 0.3) is 11.3 Å². The van der Waals surface area contributed by atoms with Gasteiger partial charge in [0.1, 0.15) is 10.4 Å². The Morgan fingerprint density at radius 2 is 2.18 bits per heavy atom. The molecule has 0 atom stereocenters. The van der Waals surface area contributed by atoms with Crippen molar-refractivity contribution in [2.45, 2.75) is 13.3 Å². The number of nitrogens with zero attached hydrogens (tertiary/aromatic N) is 2. The van der Waals surface area contributed by atoms with Crippen molar-refractivity contribution >= 4 is 15.9 Å². The predicted molar refractivity (Wildman–Crippen MR) is 71.9 cm³/mol. The lowest BCUT2D eigenvalue weighted by Crippen LogP contribution is -2.02. The minimum atomic E-state index is 0.116. The van der Waals surface area contributed by atoms with Gasteiger partial charge in [0.2, 0.25) is 0 Å². The van der Waals surface area contributed by atoms with E-state index < -0.39 is 0 Å². The van der Waals surface area contributed by atoms with E-state index in [2.05, 4.69) is 46.0 Å². The van der Waals surface area contributed by atoms with Crippen LogP contribution < -0.4 is 0 Å². The highest BCUT2D eigenvalue weighted by Gasteiger charge is 2.13. The van der Waals surface area contributed by atoms with Crippen LogP contribution in [0.3, 0.4) is 0 Å². The van der Waals surface area contributed by atoms with Crippen molar-refractivity contribution in [2.75, 3.05) is 6.61 Å². The number of benzene rings is 1. The topological polar surface area (TPSA) is 38.1 Å². The molecule has 1 aromatic heterocycles. The van der Waals surface area contributed by atoms with E-state index in [-0.39, 0.29) is 6.61 Å². The predicted octanol–water partition coefficient (Wildman–Crippen LogP) is 2.69. The summed E-state index contributed by atoms with van der Waals surface area (Å²) in [5.41, 5.74) is 3.41. The quantitative estimate of drug-likeness (QED) is 0.945. The van der Waals surface area contributed by atoms with Crippen molar-refractivity contribution in [3.8, 4) is 11.3 Å². The average molecular weight is 295 g/mol. The van der Waals surface area contributed by atoms with E-state index in [1.165, 1.54) is 5.56 Å². The fourth-order valence-electron chi connectivity index (χ4n) is 1.94. The Kier molecular flexibility index (Phi) is 3.64. The summed E-state index contributed by atoms with van der Waals surface area (Å²) in [5.74, 6) is 0.885. The highest BCUT2D eigenvalue weighted by Crippen LogP contribution is 2.29. The molecule has 1 heterocycles. The normalized spacial score (nSPS) is 10.8. The van der Waals surface area contributed by atoms with Gasteiger partial charge in [-0.2, -0.15) is 0 Å². The monoisotopic (exact) mass is 294 g/mol. The summed E-state index contributed by atoms with van der Waals surface area (Å²) >= 11 is 3.49. The minimum absolute atomic E-state index is 0.116. The lowest BCUT2D eigenvalue weighted by atomic mass is 10.1. The van der Waals surface area contributed by atoms with Crippen molar-refractivity contribution in [1.82, 2.24) is 9.55 Å². The van der Waals surface area contributed by atoms with E-state index >= 15 is 0 Å². The van der Waals surface area contributed by atoms with Crippen LogP contribution in [0.1, 0.15) is 11.4 Å². The molecule has 2 aromatic rings. The van der Waals surface area contributed by atoms with Gasteiger partial charge in [-0.15, -0.1) is 0 Å². The molecule has 0 aliphatic carbocycles. The van der Waals surface area contributed by atoms with Gasteiger partial charge >= 0.3 is 0 Å². The summed E-state index contributed by atoms with van der Waals surface area (Å²) in [4.78, 5) is 4.43. The van der Waals surface area contributed by atoms with Gasteiger partial charge < -0.3 is 9.67 Å². The fraction of sp³-hybridized carbons (Fsp3) is 0.308. The largest absolute Gasteiger partial charge is 0.396 e. The number of halogens is 1. The SMILES string of the molecule is Cc1cccc(-c2c(Br)nc(CCO)n2C)c1. The number of imidazole rings is 1. The van der Waals surface area contributed by atoms with Crippen LogP contribution in [0.5, 0.6) is 0 Å². The second kappa shape index (κ2) is 5.02. The second-order valence-corrected chi connectivity index (χ2v) is 4.82. The standard InChI is InChI=1S/C13H15BrN2O/c1-9-4-3-5-10(8-9)12-13(14)15-11(6-7-17)16(12)2/h3-5,8,17H,6-7H2,1-2H3. The van der Waals surface area contributed by atoms with E-state index in [1.807, 2.05) is 17.7 Å². The van der Waals surface area contributed by atoms with Gasteiger partial charge in [-0.05, 0) is 28.9 Å². The van der Waals surface area contributed by atoms with Crippen molar-refractivity contribution in [2.24, 2.45) is 7.05 Å². The van der Waals surface area contributed by atoms with E-state index in [4.69, 9.17) is 5.11 Å². The molecule has 17 heavy (non-hydrogen) atoms. The molecule has 4 heteroatoms. The second-order valence-electron chi connectivity index (χ2n) is 4.07. The van der Waals surface area contributed by atoms with Gasteiger partial charge in [0.15, 0.2) is 0 Å². The van der Waals surface area contributed by atoms with Crippen molar-refractivity contribution in [3.63, 3.8) is 0 Å². The Morgan fingerprint density at radius 1 is 1.41 bits per heavy atom. The Bertz CT molecular complexity index is 534. The molecule has 1 aromatic carbocycles. The van der Waals surface area contributed by atoms with Gasteiger partial charge in [0, 0.05) is 19.0 Å². The molecule has 90 valence electrons. The van der Waals surface area contributed by atoms with Crippen LogP contribution in [-0.4, -0.2) is 21.3 Å². The number of hydrogen-bond acceptors (Lipinski definition) is 2. The van der Waals surface area contributed by atoms with Gasteiger partial charge in [0.25, 0.3) is 0 Å². The summed E-state index contributed by atoms with van der Waals surface area (Å²) in [5, 5.41) is 8.99. The molecular formula is C13H15BrN2O. The number of aliphatic hydroxyl groups excluding tert-OH is 1. The summed E-state index contributed by atoms with van der Waals surface area (Å²) in [6.45, 7) is 2.19. The zero-order valence-electron chi connectivity index (χ0n) is 9.94. The molecule has 0 aliphatic rings. The lowest BCUT2D eigenvalue weighted by molar-refractivity contribution is 0.295. The minimum Gasteiger partial charge on any atom is -0.396 e. The maximum Gasteiger partial charge on any atom is 0.132 e. The molecule has 0 amide bonds. The first-order chi connectivity index (χ1) is 8.13. The van der Waals surface area contributed by atoms with Gasteiger partial charge in [0.05, 0.1) is 12.3 Å². The zero-order valence-corrected chi connectivity index (χ0v) is 11.5. The van der Waals surface area contributed by atoms with E-state index in [0.717, 1.165) is 21.7 Å². The molecule has 0 fully saturated rings. The van der Waals surface area contributed by atoms with Crippen molar-refractivity contribution in [1.29, 1.82) is 0 Å². The molecule has 0 aliphatic heterocycles. The summed E-state index contributed by atoms with van der Waals surface area (Å²) in [6, 6.07) is 8.31. The Labute approximate surface area is 109 Å². The highest BCUT2D eigenvalue weighted by molar-refractivity contribution is 9.10. The van der Waals surface area contributed by atoms with Crippen LogP contribution >= 0.6 is 15.9 Å². The van der Waals surface area contributed by atoms with Gasteiger partial charge in [-0.25, -0.2) is 4.98 Å². The summed E-state index contributed by atoms with van der Waals surface area (Å²) in [6.07, 6.45) is 0.570. The van der Waals surface area contributed by atoms with E-state index in [1.54, 1.807) is 0 Å². The maximum absolute atomic E-state index is 8.99. The Balaban J connectivity index is 2.52. The number of aryl methyl sites for hydroxylation is 1. The van der Waals surface area contributed by atoms with Crippen LogP contribution in [-0.2, 0) is 13.5 Å². The van der Waals surface area contributed by atoms with Crippen LogP contribution in [0.4, 0.5) is 0 Å². The Morgan fingerprint density at radius 3 is 2.82 bits per heavy atom. The fourth-order valence-corrected chi connectivity index (χ4v) is 2.64. The maximum atomic E-state index is 8.99. The molecule has 0 saturated heterocycles. The molecular weight excluding hydrogens is 280 g/mol. The summed E-state index contributed by atoms with van der Waals surface area (Å²) < 4.78 is 2.85. The number of rotatable bonds is 3. The summed E-state index contributed by atoms with van der Waals surface area (Å²) in [7, 11) is 1.97. The number of aromatic nitrogens is 2. The molecule has 0 bridgehead atoms. The first-order valence-corrected chi connectivity index (χ1v) is 6.31. The number of hydrogen-bond donors (Lipinski definition) is 1. The Hall–Kier alpha value is -1.13. The zero-order chi connectivity index (χ0) is 12.4. The first kappa shape index (κ1) is 12.3. The van der Waals surface area contributed by atoms with Crippen molar-refractivity contribution in [3.05, 3.63) is 40.3 Å². The van der Waals surface area contributed by atoms with E-state index in [0.29, 0.717) is 6.42 Å². The van der Waals surface area contributed by atoms with Crippen LogP contribution in [0.2, 0.25) is 0 Å². The third-order valence-electron chi connectivity index (χ3n) is 2.77. The smallest absolute Gasteiger partial charge is 0.132 e.